The molecule has 2 N–H and O–H groups in total. The zero-order chi connectivity index (χ0) is 13.5. The summed E-state index contributed by atoms with van der Waals surface area (Å²) < 4.78 is 15.6. The SMILES string of the molecule is Cc1ccc(C(C)(C)F)cc1-c1cnn(C)c1N. The van der Waals surface area contributed by atoms with Gasteiger partial charge in [-0.15, -0.1) is 0 Å². The fourth-order valence-corrected chi connectivity index (χ4v) is 1.94. The minimum absolute atomic E-state index is 0.590. The van der Waals surface area contributed by atoms with Crippen molar-refractivity contribution < 1.29 is 4.39 Å². The van der Waals surface area contributed by atoms with Crippen molar-refractivity contribution in [3.63, 3.8) is 0 Å². The van der Waals surface area contributed by atoms with Gasteiger partial charge in [0.2, 0.25) is 0 Å². The smallest absolute Gasteiger partial charge is 0.130 e. The van der Waals surface area contributed by atoms with Crippen molar-refractivity contribution in [3.8, 4) is 11.1 Å². The summed E-state index contributed by atoms with van der Waals surface area (Å²) in [4.78, 5) is 0. The van der Waals surface area contributed by atoms with Crippen molar-refractivity contribution in [3.05, 3.63) is 35.5 Å². The lowest BCUT2D eigenvalue weighted by molar-refractivity contribution is 0.221. The molecule has 0 saturated heterocycles. The number of benzene rings is 1. The molecule has 4 heteroatoms. The third kappa shape index (κ3) is 2.10. The van der Waals surface area contributed by atoms with Crippen molar-refractivity contribution in [2.24, 2.45) is 7.05 Å². The number of nitrogens with two attached hydrogens (primary N) is 1. The van der Waals surface area contributed by atoms with Gasteiger partial charge in [-0.1, -0.05) is 12.1 Å². The van der Waals surface area contributed by atoms with Crippen LogP contribution in [0.3, 0.4) is 0 Å². The summed E-state index contributed by atoms with van der Waals surface area (Å²) in [5, 5.41) is 4.12. The zero-order valence-corrected chi connectivity index (χ0v) is 11.2. The molecule has 0 atom stereocenters. The number of rotatable bonds is 2. The number of nitrogen functional groups attached to an aromatic ring is 1. The highest BCUT2D eigenvalue weighted by molar-refractivity contribution is 5.76. The maximum Gasteiger partial charge on any atom is 0.130 e. The molecule has 0 amide bonds. The lowest BCUT2D eigenvalue weighted by atomic mass is 9.93. The Morgan fingerprint density at radius 2 is 1.94 bits per heavy atom. The summed E-state index contributed by atoms with van der Waals surface area (Å²) in [5.41, 5.74) is 8.09. The zero-order valence-electron chi connectivity index (χ0n) is 11.2. The Morgan fingerprint density at radius 1 is 1.28 bits per heavy atom. The Balaban J connectivity index is 2.61. The Labute approximate surface area is 106 Å². The Bertz CT molecular complexity index is 579. The molecule has 1 heterocycles. The monoisotopic (exact) mass is 247 g/mol. The van der Waals surface area contributed by atoms with Crippen LogP contribution in [0.25, 0.3) is 11.1 Å². The van der Waals surface area contributed by atoms with Crippen molar-refractivity contribution >= 4 is 5.82 Å². The van der Waals surface area contributed by atoms with Crippen molar-refractivity contribution in [1.29, 1.82) is 0 Å². The van der Waals surface area contributed by atoms with Gasteiger partial charge >= 0.3 is 0 Å². The molecule has 18 heavy (non-hydrogen) atoms. The van der Waals surface area contributed by atoms with Gasteiger partial charge in [0, 0.05) is 12.6 Å². The number of nitrogens with zero attached hydrogens (tertiary/aromatic N) is 2. The first-order valence-corrected chi connectivity index (χ1v) is 5.88. The molecule has 1 aromatic carbocycles. The topological polar surface area (TPSA) is 43.8 Å². The van der Waals surface area contributed by atoms with E-state index in [2.05, 4.69) is 5.10 Å². The van der Waals surface area contributed by atoms with E-state index in [9.17, 15) is 4.39 Å². The maximum atomic E-state index is 14.0. The quantitative estimate of drug-likeness (QED) is 0.885. The van der Waals surface area contributed by atoms with E-state index in [-0.39, 0.29) is 0 Å². The summed E-state index contributed by atoms with van der Waals surface area (Å²) in [6.07, 6.45) is 1.71. The van der Waals surface area contributed by atoms with Gasteiger partial charge in [-0.3, -0.25) is 4.68 Å². The largest absolute Gasteiger partial charge is 0.383 e. The Morgan fingerprint density at radius 3 is 2.44 bits per heavy atom. The predicted molar refractivity (Wildman–Crippen MR) is 71.9 cm³/mol. The first kappa shape index (κ1) is 12.6. The van der Waals surface area contributed by atoms with Crippen LogP contribution in [0.5, 0.6) is 0 Å². The lowest BCUT2D eigenvalue weighted by Crippen LogP contribution is -2.09. The Kier molecular flexibility index (Phi) is 2.89. The molecule has 0 saturated carbocycles. The molecule has 2 aromatic rings. The maximum absolute atomic E-state index is 14.0. The average Bonchev–Trinajstić information content (AvgIpc) is 2.59. The minimum Gasteiger partial charge on any atom is -0.383 e. The first-order chi connectivity index (χ1) is 8.30. The molecule has 0 aliphatic carbocycles. The van der Waals surface area contributed by atoms with Crippen molar-refractivity contribution in [2.45, 2.75) is 26.4 Å². The summed E-state index contributed by atoms with van der Waals surface area (Å²) >= 11 is 0. The molecule has 0 radical (unpaired) electrons. The van der Waals surface area contributed by atoms with E-state index < -0.39 is 5.67 Å². The first-order valence-electron chi connectivity index (χ1n) is 5.88. The van der Waals surface area contributed by atoms with Crippen molar-refractivity contribution in [1.82, 2.24) is 9.78 Å². The van der Waals surface area contributed by atoms with Crippen LogP contribution in [-0.4, -0.2) is 9.78 Å². The number of hydrogen-bond acceptors (Lipinski definition) is 2. The average molecular weight is 247 g/mol. The number of anilines is 1. The highest BCUT2D eigenvalue weighted by Gasteiger charge is 2.20. The van der Waals surface area contributed by atoms with Crippen molar-refractivity contribution in [2.75, 3.05) is 5.73 Å². The van der Waals surface area contributed by atoms with Crippen LogP contribution < -0.4 is 5.73 Å². The molecule has 0 aliphatic rings. The van der Waals surface area contributed by atoms with Gasteiger partial charge in [0.25, 0.3) is 0 Å². The van der Waals surface area contributed by atoms with Crippen LogP contribution in [-0.2, 0) is 12.7 Å². The van der Waals surface area contributed by atoms with Gasteiger partial charge < -0.3 is 5.73 Å². The van der Waals surface area contributed by atoms with Gasteiger partial charge in [-0.25, -0.2) is 4.39 Å². The molecule has 0 unspecified atom stereocenters. The standard InChI is InChI=1S/C14H18FN3/c1-9-5-6-10(14(2,3)15)7-11(9)12-8-17-18(4)13(12)16/h5-8H,16H2,1-4H3. The summed E-state index contributed by atoms with van der Waals surface area (Å²) in [6, 6.07) is 5.58. The number of halogens is 1. The van der Waals surface area contributed by atoms with E-state index in [0.29, 0.717) is 11.4 Å². The minimum atomic E-state index is -1.36. The van der Waals surface area contributed by atoms with E-state index in [1.54, 1.807) is 31.8 Å². The molecule has 96 valence electrons. The van der Waals surface area contributed by atoms with E-state index in [1.807, 2.05) is 25.1 Å². The summed E-state index contributed by atoms with van der Waals surface area (Å²) in [5.74, 6) is 0.590. The fraction of sp³-hybridized carbons (Fsp3) is 0.357. The Hall–Kier alpha value is -1.84. The van der Waals surface area contributed by atoms with E-state index >= 15 is 0 Å². The predicted octanol–water partition coefficient (Wildman–Crippen LogP) is 3.18. The molecule has 3 nitrogen and oxygen atoms in total. The van der Waals surface area contributed by atoms with Gasteiger partial charge in [0.05, 0.1) is 6.20 Å². The van der Waals surface area contributed by atoms with Crippen LogP contribution in [0.2, 0.25) is 0 Å². The van der Waals surface area contributed by atoms with Crippen LogP contribution in [0.4, 0.5) is 10.2 Å². The number of aryl methyl sites for hydroxylation is 2. The molecule has 1 aromatic heterocycles. The normalized spacial score (nSPS) is 11.8. The van der Waals surface area contributed by atoms with E-state index in [1.165, 1.54) is 0 Å². The fourth-order valence-electron chi connectivity index (χ4n) is 1.94. The van der Waals surface area contributed by atoms with Gasteiger partial charge in [0.15, 0.2) is 0 Å². The summed E-state index contributed by atoms with van der Waals surface area (Å²) in [6.45, 7) is 5.08. The molecule has 0 fully saturated rings. The number of alkyl halides is 1. The number of hydrogen-bond donors (Lipinski definition) is 1. The second kappa shape index (κ2) is 4.12. The molecular formula is C14H18FN3. The van der Waals surface area contributed by atoms with Gasteiger partial charge in [-0.2, -0.15) is 5.10 Å². The third-order valence-electron chi connectivity index (χ3n) is 3.20. The van der Waals surface area contributed by atoms with Crippen LogP contribution in [0, 0.1) is 6.92 Å². The van der Waals surface area contributed by atoms with Crippen LogP contribution >= 0.6 is 0 Å². The second-order valence-electron chi connectivity index (χ2n) is 5.07. The summed E-state index contributed by atoms with van der Waals surface area (Å²) in [7, 11) is 1.79. The molecule has 0 aliphatic heterocycles. The molecule has 2 rings (SSSR count). The lowest BCUT2D eigenvalue weighted by Gasteiger charge is -2.17. The number of aromatic nitrogens is 2. The second-order valence-corrected chi connectivity index (χ2v) is 5.07. The van der Waals surface area contributed by atoms with Gasteiger partial charge in [-0.05, 0) is 43.5 Å². The highest BCUT2D eigenvalue weighted by Crippen LogP contribution is 2.33. The van der Waals surface area contributed by atoms with Crippen LogP contribution in [0.15, 0.2) is 24.4 Å². The molecule has 0 spiro atoms. The third-order valence-corrected chi connectivity index (χ3v) is 3.20. The van der Waals surface area contributed by atoms with Crippen LogP contribution in [0.1, 0.15) is 25.0 Å². The van der Waals surface area contributed by atoms with E-state index in [4.69, 9.17) is 5.73 Å². The highest BCUT2D eigenvalue weighted by atomic mass is 19.1. The molecule has 0 bridgehead atoms. The van der Waals surface area contributed by atoms with Gasteiger partial charge in [0.1, 0.15) is 11.5 Å². The van der Waals surface area contributed by atoms with E-state index in [0.717, 1.165) is 16.7 Å². The molecular weight excluding hydrogens is 229 g/mol.